The lowest BCUT2D eigenvalue weighted by molar-refractivity contribution is -0.141. The van der Waals surface area contributed by atoms with E-state index in [0.717, 1.165) is 32.1 Å². The summed E-state index contributed by atoms with van der Waals surface area (Å²) in [6.07, 6.45) is 5.22. The van der Waals surface area contributed by atoms with Crippen LogP contribution in [0.5, 0.6) is 0 Å². The molecule has 1 aliphatic carbocycles. The van der Waals surface area contributed by atoms with Gasteiger partial charge in [0.1, 0.15) is 17.5 Å². The number of carbonyl (C=O) groups is 3. The monoisotopic (exact) mass is 565 g/mol. The zero-order chi connectivity index (χ0) is 26.7. The number of nitrogens with one attached hydrogen (secondary N) is 1. The molecule has 1 aliphatic heterocycles. The fourth-order valence-electron chi connectivity index (χ4n) is 4.90. The van der Waals surface area contributed by atoms with Gasteiger partial charge in [-0.3, -0.25) is 14.4 Å². The Kier molecular flexibility index (Phi) is 8.46. The number of hydrogen-bond donors (Lipinski definition) is 1. The lowest BCUT2D eigenvalue weighted by Crippen LogP contribution is -2.53. The molecule has 2 aromatic carbocycles. The number of fused-ring (bicyclic) bond motifs is 1. The van der Waals surface area contributed by atoms with Crippen molar-refractivity contribution in [2.75, 3.05) is 6.54 Å². The van der Waals surface area contributed by atoms with Crippen molar-refractivity contribution < 1.29 is 22.8 Å². The van der Waals surface area contributed by atoms with Crippen molar-refractivity contribution in [1.82, 2.24) is 14.5 Å². The van der Waals surface area contributed by atoms with E-state index in [-0.39, 0.29) is 35.4 Å². The Morgan fingerprint density at radius 3 is 2.46 bits per heavy atom. The molecule has 3 amide bonds. The van der Waals surface area contributed by atoms with Crippen molar-refractivity contribution >= 4 is 50.9 Å². The van der Waals surface area contributed by atoms with Crippen molar-refractivity contribution in [2.45, 2.75) is 69.0 Å². The maximum atomic E-state index is 13.7. The first-order chi connectivity index (χ1) is 17.6. The minimum Gasteiger partial charge on any atom is -0.352 e. The van der Waals surface area contributed by atoms with E-state index in [4.69, 9.17) is 23.2 Å². The van der Waals surface area contributed by atoms with Crippen LogP contribution < -0.4 is 5.32 Å². The predicted octanol–water partition coefficient (Wildman–Crippen LogP) is 4.39. The van der Waals surface area contributed by atoms with Crippen molar-refractivity contribution in [3.05, 3.63) is 63.6 Å². The largest absolute Gasteiger partial charge is 0.352 e. The summed E-state index contributed by atoms with van der Waals surface area (Å²) in [4.78, 5) is 41.1. The fraction of sp³-hybridized carbons (Fsp3) is 0.423. The Balaban J connectivity index is 1.62. The average Bonchev–Trinajstić information content (AvgIpc) is 3.06. The topological polar surface area (TPSA) is 104 Å². The zero-order valence-corrected chi connectivity index (χ0v) is 22.8. The van der Waals surface area contributed by atoms with Gasteiger partial charge in [-0.1, -0.05) is 67.6 Å². The summed E-state index contributed by atoms with van der Waals surface area (Å²) in [5.41, 5.74) is 0.562. The normalized spacial score (nSPS) is 17.8. The van der Waals surface area contributed by atoms with Crippen LogP contribution >= 0.6 is 23.2 Å². The molecule has 1 N–H and O–H groups in total. The van der Waals surface area contributed by atoms with Crippen LogP contribution in [0, 0.1) is 0 Å². The van der Waals surface area contributed by atoms with E-state index in [9.17, 15) is 22.8 Å². The smallest absolute Gasteiger partial charge is 0.269 e. The molecule has 0 aromatic heterocycles. The Hall–Kier alpha value is -2.62. The Bertz CT molecular complexity index is 1310. The number of nitrogens with zero attached hydrogens (tertiary/aromatic N) is 2. The van der Waals surface area contributed by atoms with Gasteiger partial charge in [0.15, 0.2) is 0 Å². The summed E-state index contributed by atoms with van der Waals surface area (Å²) in [5, 5.41) is 3.79. The van der Waals surface area contributed by atoms with Gasteiger partial charge in [0, 0.05) is 22.6 Å². The van der Waals surface area contributed by atoms with Gasteiger partial charge < -0.3 is 10.2 Å². The van der Waals surface area contributed by atoms with Gasteiger partial charge in [0.2, 0.25) is 11.8 Å². The van der Waals surface area contributed by atoms with Crippen LogP contribution in [0.15, 0.2) is 47.4 Å². The number of sulfonamides is 1. The highest BCUT2D eigenvalue weighted by molar-refractivity contribution is 7.90. The van der Waals surface area contributed by atoms with Crippen LogP contribution in [-0.2, 0) is 26.2 Å². The number of benzene rings is 2. The maximum Gasteiger partial charge on any atom is 0.269 e. The molecular weight excluding hydrogens is 537 g/mol. The second-order valence-electron chi connectivity index (χ2n) is 9.34. The predicted molar refractivity (Wildman–Crippen MR) is 141 cm³/mol. The molecule has 0 bridgehead atoms. The summed E-state index contributed by atoms with van der Waals surface area (Å²) in [6, 6.07) is 9.80. The van der Waals surface area contributed by atoms with E-state index in [1.165, 1.54) is 29.2 Å². The third-order valence-electron chi connectivity index (χ3n) is 6.88. The van der Waals surface area contributed by atoms with Crippen molar-refractivity contribution in [1.29, 1.82) is 0 Å². The highest BCUT2D eigenvalue weighted by Gasteiger charge is 2.43. The summed E-state index contributed by atoms with van der Waals surface area (Å²) in [5.74, 6) is -1.76. The molecular formula is C26H29Cl2N3O5S. The average molecular weight is 567 g/mol. The molecule has 0 spiro atoms. The quantitative estimate of drug-likeness (QED) is 0.511. The number of hydrogen-bond acceptors (Lipinski definition) is 5. The van der Waals surface area contributed by atoms with E-state index < -0.39 is 34.4 Å². The molecule has 0 radical (unpaired) electrons. The molecule has 11 heteroatoms. The van der Waals surface area contributed by atoms with Crippen LogP contribution in [-0.4, -0.2) is 54.0 Å². The molecule has 8 nitrogen and oxygen atoms in total. The van der Waals surface area contributed by atoms with Gasteiger partial charge in [-0.2, -0.15) is 0 Å². The molecule has 1 atom stereocenters. The van der Waals surface area contributed by atoms with Crippen LogP contribution in [0.25, 0.3) is 0 Å². The number of amides is 3. The Morgan fingerprint density at radius 1 is 1.11 bits per heavy atom. The molecule has 198 valence electrons. The third-order valence-corrected chi connectivity index (χ3v) is 9.26. The van der Waals surface area contributed by atoms with Gasteiger partial charge in [-0.15, -0.1) is 0 Å². The second-order valence-corrected chi connectivity index (χ2v) is 12.0. The third kappa shape index (κ3) is 5.78. The summed E-state index contributed by atoms with van der Waals surface area (Å²) >= 11 is 12.4. The Morgan fingerprint density at radius 2 is 1.81 bits per heavy atom. The number of rotatable bonds is 8. The molecule has 2 aromatic rings. The highest BCUT2D eigenvalue weighted by Crippen LogP contribution is 2.30. The van der Waals surface area contributed by atoms with Gasteiger partial charge in [-0.25, -0.2) is 12.7 Å². The second kappa shape index (κ2) is 11.4. The van der Waals surface area contributed by atoms with Gasteiger partial charge in [0.05, 0.1) is 5.56 Å². The number of halogens is 2. The van der Waals surface area contributed by atoms with Crippen molar-refractivity contribution in [2.24, 2.45) is 0 Å². The van der Waals surface area contributed by atoms with Crippen LogP contribution in [0.4, 0.5) is 0 Å². The van der Waals surface area contributed by atoms with E-state index in [1.54, 1.807) is 25.1 Å². The minimum absolute atomic E-state index is 0.0182. The summed E-state index contributed by atoms with van der Waals surface area (Å²) in [7, 11) is -4.19. The molecule has 0 saturated heterocycles. The lowest BCUT2D eigenvalue weighted by Gasteiger charge is -2.33. The van der Waals surface area contributed by atoms with E-state index >= 15 is 0 Å². The van der Waals surface area contributed by atoms with E-state index in [2.05, 4.69) is 5.32 Å². The first kappa shape index (κ1) is 27.4. The number of carbonyl (C=O) groups excluding carboxylic acids is 3. The standard InChI is InChI=1S/C26H29Cl2N3O5S/c1-2-22(25(33)29-19-8-4-3-5-9-19)30(15-17-12-13-18(27)14-21(17)28)24(32)16-31-26(34)20-10-6-7-11-23(20)37(31,35)36/h6-7,10-14,19,22H,2-5,8-9,15-16H2,1H3,(H,29,33)/t22-/m1/s1. The van der Waals surface area contributed by atoms with Crippen LogP contribution in [0.1, 0.15) is 61.4 Å². The van der Waals surface area contributed by atoms with Gasteiger partial charge in [0.25, 0.3) is 15.9 Å². The molecule has 0 unspecified atom stereocenters. The summed E-state index contributed by atoms with van der Waals surface area (Å²) in [6.45, 7) is 0.997. The molecule has 1 saturated carbocycles. The zero-order valence-electron chi connectivity index (χ0n) is 20.5. The van der Waals surface area contributed by atoms with Gasteiger partial charge in [-0.05, 0) is 49.1 Å². The first-order valence-corrected chi connectivity index (χ1v) is 14.5. The highest BCUT2D eigenvalue weighted by atomic mass is 35.5. The van der Waals surface area contributed by atoms with Crippen molar-refractivity contribution in [3.63, 3.8) is 0 Å². The Labute approximate surface area is 227 Å². The first-order valence-electron chi connectivity index (χ1n) is 12.3. The summed E-state index contributed by atoms with van der Waals surface area (Å²) < 4.78 is 26.7. The minimum atomic E-state index is -4.19. The van der Waals surface area contributed by atoms with E-state index in [0.29, 0.717) is 19.9 Å². The molecule has 2 aliphatic rings. The SMILES string of the molecule is CC[C@H](C(=O)NC1CCCCC1)N(Cc1ccc(Cl)cc1Cl)C(=O)CN1C(=O)c2ccccc2S1(=O)=O. The fourth-order valence-corrected chi connectivity index (χ4v) is 6.88. The lowest BCUT2D eigenvalue weighted by atomic mass is 9.95. The van der Waals surface area contributed by atoms with Gasteiger partial charge >= 0.3 is 0 Å². The van der Waals surface area contributed by atoms with Crippen molar-refractivity contribution in [3.8, 4) is 0 Å². The maximum absolute atomic E-state index is 13.7. The van der Waals surface area contributed by atoms with Crippen LogP contribution in [0.2, 0.25) is 10.0 Å². The van der Waals surface area contributed by atoms with Crippen LogP contribution in [0.3, 0.4) is 0 Å². The molecule has 1 heterocycles. The molecule has 37 heavy (non-hydrogen) atoms. The molecule has 4 rings (SSSR count). The van der Waals surface area contributed by atoms with E-state index in [1.807, 2.05) is 0 Å². The molecule has 1 fully saturated rings.